The summed E-state index contributed by atoms with van der Waals surface area (Å²) in [5, 5.41) is 4.97. The first-order valence-corrected chi connectivity index (χ1v) is 25.2. The van der Waals surface area contributed by atoms with Gasteiger partial charge in [0.2, 0.25) is 0 Å². The van der Waals surface area contributed by atoms with Crippen LogP contribution in [0.4, 0.5) is 26.3 Å². The third kappa shape index (κ3) is 5.98. The van der Waals surface area contributed by atoms with Crippen LogP contribution in [0.1, 0.15) is 11.1 Å². The van der Waals surface area contributed by atoms with E-state index in [0.717, 1.165) is 111 Å². The smallest absolute Gasteiger partial charge is 0.416 e. The molecule has 0 aromatic heterocycles. The predicted molar refractivity (Wildman–Crippen MR) is 295 cm³/mol. The van der Waals surface area contributed by atoms with Crippen LogP contribution in [0.5, 0.6) is 23.0 Å². The number of para-hydroxylation sites is 2. The average Bonchev–Trinajstić information content (AvgIpc) is 3.49. The molecular weight excluding hydrogens is 960 g/mol. The molecule has 4 heterocycles. The van der Waals surface area contributed by atoms with Crippen molar-refractivity contribution in [2.75, 3.05) is 0 Å². The second-order valence-electron chi connectivity index (χ2n) is 20.3. The summed E-state index contributed by atoms with van der Waals surface area (Å²) in [7, 11) is 0. The van der Waals surface area contributed by atoms with Crippen molar-refractivity contribution in [3.63, 3.8) is 0 Å². The molecule has 4 aliphatic heterocycles. The van der Waals surface area contributed by atoms with Crippen molar-refractivity contribution in [2.45, 2.75) is 12.4 Å². The molecular formula is C66H34B2F6O2. The lowest BCUT2D eigenvalue weighted by Crippen LogP contribution is -2.58. The molecule has 16 rings (SSSR count). The first-order valence-electron chi connectivity index (χ1n) is 25.2. The molecule has 0 bridgehead atoms. The van der Waals surface area contributed by atoms with Crippen molar-refractivity contribution in [2.24, 2.45) is 0 Å². The molecule has 0 saturated heterocycles. The fourth-order valence-electron chi connectivity index (χ4n) is 13.4. The van der Waals surface area contributed by atoms with Gasteiger partial charge in [0.05, 0.1) is 11.1 Å². The van der Waals surface area contributed by atoms with Gasteiger partial charge in [-0.1, -0.05) is 169 Å². The average molecular weight is 995 g/mol. The Hall–Kier alpha value is -9.01. The Balaban J connectivity index is 1.17. The number of alkyl halides is 6. The Morgan fingerprint density at radius 2 is 0.645 bits per heavy atom. The molecule has 0 unspecified atom stereocenters. The highest BCUT2D eigenvalue weighted by Crippen LogP contribution is 2.53. The summed E-state index contributed by atoms with van der Waals surface area (Å²) in [6.07, 6.45) is -9.42. The zero-order valence-corrected chi connectivity index (χ0v) is 39.9. The normalized spacial score (nSPS) is 13.6. The van der Waals surface area contributed by atoms with Gasteiger partial charge in [-0.25, -0.2) is 0 Å². The standard InChI is InChI=1S/C66H34B2F6O2/c69-65(70,71)37-27-49-45-31-43(41-21-9-7-19-39(41)35-15-3-1-4-16-35)47-33-53-60-46(50-28-38(66(72,73)74)30-58-64(50)67(53)51-23-11-13-25-55(51)76-58)32-44(42-22-10-8-20-40(42)36-17-5-2-6-18-36)48-34-54(59(45)61(47)62(48)60)68-52-24-12-14-26-56(52)75-57(29-37)63(49)68/h1-34H. The van der Waals surface area contributed by atoms with Crippen molar-refractivity contribution in [3.8, 4) is 89.8 Å². The van der Waals surface area contributed by atoms with Crippen molar-refractivity contribution in [3.05, 3.63) is 217 Å². The Morgan fingerprint density at radius 1 is 0.276 bits per heavy atom. The maximum atomic E-state index is 15.4. The molecule has 2 nitrogen and oxygen atoms in total. The summed E-state index contributed by atoms with van der Waals surface area (Å²) in [6.45, 7) is -1.11. The minimum absolute atomic E-state index is 0.142. The van der Waals surface area contributed by atoms with Crippen molar-refractivity contribution in [1.29, 1.82) is 0 Å². The van der Waals surface area contributed by atoms with Gasteiger partial charge in [0, 0.05) is 0 Å². The number of hydrogen-bond donors (Lipinski definition) is 0. The van der Waals surface area contributed by atoms with Crippen molar-refractivity contribution in [1.82, 2.24) is 0 Å². The molecule has 0 aliphatic carbocycles. The van der Waals surface area contributed by atoms with E-state index < -0.39 is 36.9 Å². The van der Waals surface area contributed by atoms with Gasteiger partial charge in [-0.15, -0.1) is 0 Å². The third-order valence-electron chi connectivity index (χ3n) is 16.4. The van der Waals surface area contributed by atoms with Crippen LogP contribution in [0.25, 0.3) is 99.1 Å². The van der Waals surface area contributed by atoms with Gasteiger partial charge in [0.1, 0.15) is 23.0 Å². The van der Waals surface area contributed by atoms with Gasteiger partial charge >= 0.3 is 12.4 Å². The van der Waals surface area contributed by atoms with Crippen LogP contribution in [0.15, 0.2) is 206 Å². The maximum Gasteiger partial charge on any atom is 0.416 e. The number of fused-ring (bicyclic) bond motifs is 8. The van der Waals surface area contributed by atoms with Gasteiger partial charge in [-0.05, 0) is 169 Å². The fourth-order valence-corrected chi connectivity index (χ4v) is 13.4. The predicted octanol–water partition coefficient (Wildman–Crippen LogP) is 14.5. The van der Waals surface area contributed by atoms with Crippen LogP contribution in [-0.4, -0.2) is 13.4 Å². The number of halogens is 6. The Kier molecular flexibility index (Phi) is 8.73. The van der Waals surface area contributed by atoms with Crippen LogP contribution in [0.3, 0.4) is 0 Å². The Bertz CT molecular complexity index is 4220. The summed E-state index contributed by atoms with van der Waals surface area (Å²) in [5.41, 5.74) is 12.3. The van der Waals surface area contributed by atoms with Crippen LogP contribution in [0, 0.1) is 0 Å². The number of rotatable bonds is 4. The zero-order valence-electron chi connectivity index (χ0n) is 39.9. The van der Waals surface area contributed by atoms with Gasteiger partial charge in [0.25, 0.3) is 13.4 Å². The van der Waals surface area contributed by atoms with E-state index in [1.54, 1.807) is 0 Å². The van der Waals surface area contributed by atoms with E-state index in [0.29, 0.717) is 44.7 Å². The van der Waals surface area contributed by atoms with E-state index in [2.05, 4.69) is 72.8 Å². The van der Waals surface area contributed by atoms with Crippen LogP contribution < -0.4 is 42.3 Å². The van der Waals surface area contributed by atoms with Crippen LogP contribution in [-0.2, 0) is 12.4 Å². The Labute approximate surface area is 431 Å². The highest BCUT2D eigenvalue weighted by molar-refractivity contribution is 7.01. The molecule has 358 valence electrons. The molecule has 10 heteroatoms. The quantitative estimate of drug-likeness (QED) is 0.0994. The lowest BCUT2D eigenvalue weighted by Gasteiger charge is -2.38. The molecule has 0 spiro atoms. The second-order valence-corrected chi connectivity index (χ2v) is 20.3. The first-order chi connectivity index (χ1) is 37.0. The molecule has 0 fully saturated rings. The lowest BCUT2D eigenvalue weighted by atomic mass is 9.31. The highest BCUT2D eigenvalue weighted by atomic mass is 19.4. The molecule has 0 atom stereocenters. The SMILES string of the molecule is FC(F)(F)c1cc2c3c(c1)-c1cc(-c4ccccc4-c4ccccc4)c4cc5c6c(cc(-c7ccccc7-c7ccccc7)c7cc(c1c4c76)B3c1ccccc1O2)-c1cc(C(F)(F)F)cc2c1B5c1ccccc1O2. The molecule has 4 aliphatic rings. The highest BCUT2D eigenvalue weighted by Gasteiger charge is 2.46. The fraction of sp³-hybridized carbons (Fsp3) is 0.0303. The van der Waals surface area contributed by atoms with E-state index in [9.17, 15) is 0 Å². The molecule has 12 aromatic carbocycles. The summed E-state index contributed by atoms with van der Waals surface area (Å²) in [4.78, 5) is 0. The van der Waals surface area contributed by atoms with E-state index in [1.807, 2.05) is 109 Å². The zero-order chi connectivity index (χ0) is 50.9. The number of ether oxygens (including phenoxy) is 2. The van der Waals surface area contributed by atoms with Gasteiger partial charge in [-0.3, -0.25) is 0 Å². The van der Waals surface area contributed by atoms with Crippen LogP contribution >= 0.6 is 0 Å². The molecule has 0 saturated carbocycles. The van der Waals surface area contributed by atoms with Crippen molar-refractivity contribution < 1.29 is 35.8 Å². The first kappa shape index (κ1) is 43.4. The van der Waals surface area contributed by atoms with E-state index in [4.69, 9.17) is 9.47 Å². The minimum Gasteiger partial charge on any atom is -0.458 e. The molecule has 12 aromatic rings. The van der Waals surface area contributed by atoms with Gasteiger partial charge < -0.3 is 9.47 Å². The van der Waals surface area contributed by atoms with E-state index in [-0.39, 0.29) is 11.5 Å². The monoisotopic (exact) mass is 994 g/mol. The summed E-state index contributed by atoms with van der Waals surface area (Å²) < 4.78 is 105. The summed E-state index contributed by atoms with van der Waals surface area (Å²) in [5.74, 6) is 1.22. The third-order valence-corrected chi connectivity index (χ3v) is 16.4. The molecule has 0 N–H and O–H groups in total. The molecule has 0 radical (unpaired) electrons. The number of benzene rings is 12. The minimum atomic E-state index is -4.71. The summed E-state index contributed by atoms with van der Waals surface area (Å²) >= 11 is 0. The summed E-state index contributed by atoms with van der Waals surface area (Å²) in [6, 6.07) is 64.9. The Morgan fingerprint density at radius 3 is 1.05 bits per heavy atom. The van der Waals surface area contributed by atoms with Gasteiger partial charge in [-0.2, -0.15) is 26.3 Å². The molecule has 0 amide bonds. The largest absolute Gasteiger partial charge is 0.458 e. The van der Waals surface area contributed by atoms with E-state index in [1.165, 1.54) is 12.1 Å². The van der Waals surface area contributed by atoms with E-state index >= 15 is 26.3 Å². The van der Waals surface area contributed by atoms with Crippen molar-refractivity contribution >= 4 is 78.5 Å². The lowest BCUT2D eigenvalue weighted by molar-refractivity contribution is -0.138. The van der Waals surface area contributed by atoms with Gasteiger partial charge in [0.15, 0.2) is 0 Å². The second kappa shape index (κ2) is 15.3. The maximum absolute atomic E-state index is 15.4. The topological polar surface area (TPSA) is 18.5 Å². The number of hydrogen-bond acceptors (Lipinski definition) is 2. The van der Waals surface area contributed by atoms with Crippen LogP contribution in [0.2, 0.25) is 0 Å². The molecule has 76 heavy (non-hydrogen) atoms.